The Morgan fingerprint density at radius 1 is 1.11 bits per heavy atom. The average molecular weight is 267 g/mol. The van der Waals surface area contributed by atoms with Crippen molar-refractivity contribution in [3.8, 4) is 0 Å². The standard InChI is InChI=1S/C12H17N3O2S/c13-11-4-6-12(7-5-11)18(16,17)14-10-15-8-2-1-3-9-15/h4-7,10H,1-3,8-9,13H2. The van der Waals surface area contributed by atoms with Crippen LogP contribution in [0, 0.1) is 0 Å². The molecule has 0 atom stereocenters. The second-order valence-electron chi connectivity index (χ2n) is 4.36. The molecule has 0 spiro atoms. The van der Waals surface area contributed by atoms with Crippen LogP contribution >= 0.6 is 0 Å². The molecule has 1 aliphatic rings. The Kier molecular flexibility index (Phi) is 3.86. The second-order valence-corrected chi connectivity index (χ2v) is 5.99. The van der Waals surface area contributed by atoms with Crippen LogP contribution in [0.25, 0.3) is 0 Å². The third-order valence-electron chi connectivity index (χ3n) is 2.92. The zero-order valence-electron chi connectivity index (χ0n) is 10.1. The largest absolute Gasteiger partial charge is 0.399 e. The smallest absolute Gasteiger partial charge is 0.283 e. The minimum Gasteiger partial charge on any atom is -0.399 e. The molecule has 0 radical (unpaired) electrons. The zero-order valence-corrected chi connectivity index (χ0v) is 10.9. The van der Waals surface area contributed by atoms with Crippen molar-refractivity contribution in [3.05, 3.63) is 24.3 Å². The number of rotatable bonds is 3. The summed E-state index contributed by atoms with van der Waals surface area (Å²) in [5, 5.41) is 0. The predicted molar refractivity (Wildman–Crippen MR) is 72.0 cm³/mol. The Balaban J connectivity index is 2.11. The average Bonchev–Trinajstić information content (AvgIpc) is 2.38. The molecular weight excluding hydrogens is 250 g/mol. The van der Waals surface area contributed by atoms with E-state index in [1.165, 1.54) is 24.9 Å². The maximum absolute atomic E-state index is 11.9. The highest BCUT2D eigenvalue weighted by Gasteiger charge is 2.13. The van der Waals surface area contributed by atoms with Gasteiger partial charge in [-0.1, -0.05) is 0 Å². The molecule has 98 valence electrons. The topological polar surface area (TPSA) is 75.8 Å². The van der Waals surface area contributed by atoms with E-state index in [-0.39, 0.29) is 4.90 Å². The quantitative estimate of drug-likeness (QED) is 0.511. The van der Waals surface area contributed by atoms with E-state index in [9.17, 15) is 8.42 Å². The number of benzene rings is 1. The molecule has 0 aromatic heterocycles. The molecule has 1 aromatic rings. The third-order valence-corrected chi connectivity index (χ3v) is 4.16. The lowest BCUT2D eigenvalue weighted by Crippen LogP contribution is -2.28. The van der Waals surface area contributed by atoms with Crippen molar-refractivity contribution in [1.29, 1.82) is 0 Å². The summed E-state index contributed by atoms with van der Waals surface area (Å²) in [4.78, 5) is 2.11. The fourth-order valence-electron chi connectivity index (χ4n) is 1.86. The number of likely N-dealkylation sites (tertiary alicyclic amines) is 1. The molecule has 0 saturated carbocycles. The number of piperidine rings is 1. The number of hydrogen-bond donors (Lipinski definition) is 1. The Labute approximate surface area is 107 Å². The first-order valence-corrected chi connectivity index (χ1v) is 7.42. The maximum Gasteiger partial charge on any atom is 0.283 e. The minimum atomic E-state index is -3.60. The Morgan fingerprint density at radius 3 is 2.33 bits per heavy atom. The normalized spacial score (nSPS) is 17.2. The van der Waals surface area contributed by atoms with Crippen LogP contribution in [-0.2, 0) is 10.0 Å². The summed E-state index contributed by atoms with van der Waals surface area (Å²) in [5.41, 5.74) is 6.06. The van der Waals surface area contributed by atoms with Crippen molar-refractivity contribution in [2.45, 2.75) is 24.2 Å². The maximum atomic E-state index is 11.9. The molecule has 0 aliphatic carbocycles. The van der Waals surface area contributed by atoms with Crippen molar-refractivity contribution in [1.82, 2.24) is 4.90 Å². The van der Waals surface area contributed by atoms with Crippen LogP contribution in [0.1, 0.15) is 19.3 Å². The molecule has 0 amide bonds. The van der Waals surface area contributed by atoms with E-state index in [0.717, 1.165) is 25.9 Å². The van der Waals surface area contributed by atoms with Gasteiger partial charge in [-0.05, 0) is 43.5 Å². The monoisotopic (exact) mass is 267 g/mol. The van der Waals surface area contributed by atoms with Crippen LogP contribution in [0.4, 0.5) is 5.69 Å². The fraction of sp³-hybridized carbons (Fsp3) is 0.417. The molecule has 6 heteroatoms. The van der Waals surface area contributed by atoms with Crippen LogP contribution in [0.3, 0.4) is 0 Å². The zero-order chi connectivity index (χ0) is 13.0. The van der Waals surface area contributed by atoms with Crippen molar-refractivity contribution < 1.29 is 8.42 Å². The third kappa shape index (κ3) is 3.22. The van der Waals surface area contributed by atoms with Gasteiger partial charge in [0.1, 0.15) is 6.34 Å². The lowest BCUT2D eigenvalue weighted by molar-refractivity contribution is 0.351. The van der Waals surface area contributed by atoms with Gasteiger partial charge in [0.2, 0.25) is 0 Å². The van der Waals surface area contributed by atoms with Crippen LogP contribution in [0.2, 0.25) is 0 Å². The van der Waals surface area contributed by atoms with Crippen molar-refractivity contribution >= 4 is 22.0 Å². The highest BCUT2D eigenvalue weighted by molar-refractivity contribution is 7.90. The first-order valence-electron chi connectivity index (χ1n) is 5.98. The van der Waals surface area contributed by atoms with Gasteiger partial charge in [-0.2, -0.15) is 8.42 Å². The number of hydrogen-bond acceptors (Lipinski definition) is 3. The van der Waals surface area contributed by atoms with Crippen molar-refractivity contribution in [2.24, 2.45) is 4.40 Å². The van der Waals surface area contributed by atoms with Gasteiger partial charge >= 0.3 is 0 Å². The van der Waals surface area contributed by atoms with Gasteiger partial charge in [-0.3, -0.25) is 0 Å². The summed E-state index contributed by atoms with van der Waals surface area (Å²) in [6.45, 7) is 1.75. The molecule has 1 heterocycles. The van der Waals surface area contributed by atoms with Gasteiger partial charge < -0.3 is 10.6 Å². The van der Waals surface area contributed by atoms with Gasteiger partial charge in [-0.15, -0.1) is 4.40 Å². The highest BCUT2D eigenvalue weighted by Crippen LogP contribution is 2.14. The van der Waals surface area contributed by atoms with E-state index in [1.807, 2.05) is 4.90 Å². The summed E-state index contributed by atoms with van der Waals surface area (Å²) in [6.07, 6.45) is 4.82. The van der Waals surface area contributed by atoms with Crippen LogP contribution in [0.5, 0.6) is 0 Å². The van der Waals surface area contributed by atoms with Gasteiger partial charge in [0, 0.05) is 18.8 Å². The van der Waals surface area contributed by atoms with E-state index in [2.05, 4.69) is 4.40 Å². The molecular formula is C12H17N3O2S. The van der Waals surface area contributed by atoms with Crippen LogP contribution < -0.4 is 5.73 Å². The molecule has 1 aromatic carbocycles. The van der Waals surface area contributed by atoms with Gasteiger partial charge in [-0.25, -0.2) is 0 Å². The number of nitrogens with zero attached hydrogens (tertiary/aromatic N) is 2. The van der Waals surface area contributed by atoms with Crippen molar-refractivity contribution in [3.63, 3.8) is 0 Å². The number of sulfonamides is 1. The minimum absolute atomic E-state index is 0.171. The Morgan fingerprint density at radius 2 is 1.72 bits per heavy atom. The van der Waals surface area contributed by atoms with E-state index in [1.54, 1.807) is 12.1 Å². The molecule has 2 N–H and O–H groups in total. The number of anilines is 1. The number of nitrogens with two attached hydrogens (primary N) is 1. The predicted octanol–water partition coefficient (Wildman–Crippen LogP) is 1.47. The molecule has 1 aliphatic heterocycles. The lowest BCUT2D eigenvalue weighted by atomic mass is 10.1. The van der Waals surface area contributed by atoms with Gasteiger partial charge in [0.25, 0.3) is 10.0 Å². The van der Waals surface area contributed by atoms with Crippen molar-refractivity contribution in [2.75, 3.05) is 18.8 Å². The van der Waals surface area contributed by atoms with E-state index < -0.39 is 10.0 Å². The SMILES string of the molecule is Nc1ccc(S(=O)(=O)N=CN2CCCCC2)cc1. The molecule has 0 bridgehead atoms. The summed E-state index contributed by atoms with van der Waals surface area (Å²) >= 11 is 0. The summed E-state index contributed by atoms with van der Waals surface area (Å²) < 4.78 is 27.6. The summed E-state index contributed by atoms with van der Waals surface area (Å²) in [5.74, 6) is 0. The fourth-order valence-corrected chi connectivity index (χ4v) is 2.72. The Bertz CT molecular complexity index is 517. The van der Waals surface area contributed by atoms with Crippen LogP contribution in [-0.4, -0.2) is 32.7 Å². The molecule has 1 saturated heterocycles. The molecule has 1 fully saturated rings. The molecule has 5 nitrogen and oxygen atoms in total. The highest BCUT2D eigenvalue weighted by atomic mass is 32.2. The van der Waals surface area contributed by atoms with Gasteiger partial charge in [0.05, 0.1) is 4.90 Å². The van der Waals surface area contributed by atoms with E-state index >= 15 is 0 Å². The Hall–Kier alpha value is -1.56. The first-order chi connectivity index (χ1) is 8.58. The van der Waals surface area contributed by atoms with Crippen LogP contribution in [0.15, 0.2) is 33.6 Å². The summed E-state index contributed by atoms with van der Waals surface area (Å²) in [7, 11) is -3.60. The van der Waals surface area contributed by atoms with Gasteiger partial charge in [0.15, 0.2) is 0 Å². The molecule has 2 rings (SSSR count). The lowest BCUT2D eigenvalue weighted by Gasteiger charge is -2.23. The molecule has 0 unspecified atom stereocenters. The van der Waals surface area contributed by atoms with E-state index in [4.69, 9.17) is 5.73 Å². The summed E-state index contributed by atoms with van der Waals surface area (Å²) in [6, 6.07) is 6.06. The first kappa shape index (κ1) is 12.9. The van der Waals surface area contributed by atoms with E-state index in [0.29, 0.717) is 5.69 Å². The molecule has 18 heavy (non-hydrogen) atoms. The second kappa shape index (κ2) is 5.39. The number of nitrogen functional groups attached to an aromatic ring is 1.